The first-order valence-corrected chi connectivity index (χ1v) is 6.16. The Kier molecular flexibility index (Phi) is 4.05. The molecule has 3 nitrogen and oxygen atoms in total. The van der Waals surface area contributed by atoms with Crippen molar-refractivity contribution in [3.63, 3.8) is 0 Å². The van der Waals surface area contributed by atoms with Gasteiger partial charge in [-0.3, -0.25) is 14.8 Å². The lowest BCUT2D eigenvalue weighted by atomic mass is 9.92. The molecule has 1 heterocycles. The molecular weight excluding hydrogens is 248 g/mol. The molecule has 1 atom stereocenters. The predicted molar refractivity (Wildman–Crippen MR) is 70.8 cm³/mol. The van der Waals surface area contributed by atoms with Crippen LogP contribution in [0.15, 0.2) is 42.9 Å². The molecular formula is C14H13ClN2O. The molecule has 2 rings (SSSR count). The fourth-order valence-corrected chi connectivity index (χ4v) is 1.96. The Morgan fingerprint density at radius 1 is 1.28 bits per heavy atom. The second-order valence-electron chi connectivity index (χ2n) is 3.96. The molecule has 1 aromatic carbocycles. The Morgan fingerprint density at radius 2 is 2.00 bits per heavy atom. The van der Waals surface area contributed by atoms with Crippen LogP contribution in [0.4, 0.5) is 0 Å². The van der Waals surface area contributed by atoms with Gasteiger partial charge in [0.1, 0.15) is 0 Å². The van der Waals surface area contributed by atoms with Crippen LogP contribution >= 0.6 is 11.6 Å². The Hall–Kier alpha value is -1.74. The third-order valence-corrected chi connectivity index (χ3v) is 3.05. The summed E-state index contributed by atoms with van der Waals surface area (Å²) in [7, 11) is 0. The number of Topliss-reactive ketones (excluding diaryl/α,β-unsaturated/α-hetero) is 1. The first-order chi connectivity index (χ1) is 8.72. The van der Waals surface area contributed by atoms with Crippen molar-refractivity contribution in [2.24, 2.45) is 0 Å². The molecule has 92 valence electrons. The number of hydrogen-bond acceptors (Lipinski definition) is 3. The standard InChI is InChI=1S/C14H13ClN2O/c1-2-12(13-9-16-7-8-17-13)14(18)10-3-5-11(15)6-4-10/h3-9,12H,2H2,1H3. The quantitative estimate of drug-likeness (QED) is 0.790. The van der Waals surface area contributed by atoms with Gasteiger partial charge in [0, 0.05) is 29.2 Å². The first kappa shape index (κ1) is 12.7. The number of carbonyl (C=O) groups excluding carboxylic acids is 1. The SMILES string of the molecule is CCC(C(=O)c1ccc(Cl)cc1)c1cnccn1. The molecule has 0 radical (unpaired) electrons. The predicted octanol–water partition coefficient (Wildman–Crippen LogP) is 3.51. The normalized spacial score (nSPS) is 12.1. The van der Waals surface area contributed by atoms with Gasteiger partial charge < -0.3 is 0 Å². The number of hydrogen-bond donors (Lipinski definition) is 0. The largest absolute Gasteiger partial charge is 0.293 e. The highest BCUT2D eigenvalue weighted by molar-refractivity contribution is 6.30. The van der Waals surface area contributed by atoms with Crippen molar-refractivity contribution < 1.29 is 4.79 Å². The zero-order valence-corrected chi connectivity index (χ0v) is 10.8. The third kappa shape index (κ3) is 2.74. The maximum Gasteiger partial charge on any atom is 0.171 e. The Labute approximate surface area is 111 Å². The molecule has 2 aromatic rings. The van der Waals surface area contributed by atoms with Crippen LogP contribution in [0.1, 0.15) is 35.3 Å². The number of rotatable bonds is 4. The van der Waals surface area contributed by atoms with Crippen molar-refractivity contribution >= 4 is 17.4 Å². The number of benzene rings is 1. The van der Waals surface area contributed by atoms with E-state index in [1.165, 1.54) is 0 Å². The first-order valence-electron chi connectivity index (χ1n) is 5.78. The highest BCUT2D eigenvalue weighted by Gasteiger charge is 2.21. The molecule has 0 saturated heterocycles. The van der Waals surface area contributed by atoms with E-state index in [4.69, 9.17) is 11.6 Å². The van der Waals surface area contributed by atoms with Crippen molar-refractivity contribution in [1.82, 2.24) is 9.97 Å². The zero-order chi connectivity index (χ0) is 13.0. The molecule has 1 aromatic heterocycles. The summed E-state index contributed by atoms with van der Waals surface area (Å²) < 4.78 is 0. The smallest absolute Gasteiger partial charge is 0.171 e. The number of ketones is 1. The van der Waals surface area contributed by atoms with E-state index in [1.54, 1.807) is 42.9 Å². The zero-order valence-electron chi connectivity index (χ0n) is 10.0. The summed E-state index contributed by atoms with van der Waals surface area (Å²) in [4.78, 5) is 20.6. The molecule has 0 fully saturated rings. The topological polar surface area (TPSA) is 42.9 Å². The minimum atomic E-state index is -0.250. The average molecular weight is 261 g/mol. The van der Waals surface area contributed by atoms with E-state index in [0.29, 0.717) is 22.7 Å². The van der Waals surface area contributed by atoms with E-state index in [1.807, 2.05) is 6.92 Å². The van der Waals surface area contributed by atoms with Crippen molar-refractivity contribution in [2.75, 3.05) is 0 Å². The monoisotopic (exact) mass is 260 g/mol. The second-order valence-corrected chi connectivity index (χ2v) is 4.40. The fourth-order valence-electron chi connectivity index (χ4n) is 1.83. The van der Waals surface area contributed by atoms with Crippen LogP contribution in [0, 0.1) is 0 Å². The van der Waals surface area contributed by atoms with Crippen LogP contribution in [0.2, 0.25) is 5.02 Å². The number of carbonyl (C=O) groups is 1. The lowest BCUT2D eigenvalue weighted by Crippen LogP contribution is -2.13. The average Bonchev–Trinajstić information content (AvgIpc) is 2.41. The highest BCUT2D eigenvalue weighted by atomic mass is 35.5. The van der Waals surface area contributed by atoms with Crippen LogP contribution in [-0.2, 0) is 0 Å². The van der Waals surface area contributed by atoms with Crippen LogP contribution in [0.25, 0.3) is 0 Å². The maximum absolute atomic E-state index is 12.4. The van der Waals surface area contributed by atoms with E-state index >= 15 is 0 Å². The summed E-state index contributed by atoms with van der Waals surface area (Å²) in [5.74, 6) is -0.199. The van der Waals surface area contributed by atoms with Crippen LogP contribution in [0.3, 0.4) is 0 Å². The van der Waals surface area contributed by atoms with Crippen molar-refractivity contribution in [1.29, 1.82) is 0 Å². The fraction of sp³-hybridized carbons (Fsp3) is 0.214. The van der Waals surface area contributed by atoms with E-state index in [9.17, 15) is 4.79 Å². The van der Waals surface area contributed by atoms with E-state index < -0.39 is 0 Å². The summed E-state index contributed by atoms with van der Waals surface area (Å²) in [5, 5.41) is 0.624. The molecule has 0 amide bonds. The summed E-state index contributed by atoms with van der Waals surface area (Å²) in [6.45, 7) is 1.97. The molecule has 4 heteroatoms. The maximum atomic E-state index is 12.4. The van der Waals surface area contributed by atoms with Gasteiger partial charge in [0.2, 0.25) is 0 Å². The lowest BCUT2D eigenvalue weighted by molar-refractivity contribution is 0.0955. The third-order valence-electron chi connectivity index (χ3n) is 2.79. The van der Waals surface area contributed by atoms with Gasteiger partial charge >= 0.3 is 0 Å². The molecule has 0 aliphatic heterocycles. The highest BCUT2D eigenvalue weighted by Crippen LogP contribution is 2.22. The van der Waals surface area contributed by atoms with Crippen molar-refractivity contribution in [3.05, 3.63) is 59.1 Å². The molecule has 1 unspecified atom stereocenters. The molecule has 0 bridgehead atoms. The van der Waals surface area contributed by atoms with Crippen LogP contribution in [-0.4, -0.2) is 15.8 Å². The molecule has 0 saturated carbocycles. The Bertz CT molecular complexity index is 525. The van der Waals surface area contributed by atoms with E-state index in [-0.39, 0.29) is 11.7 Å². The van der Waals surface area contributed by atoms with Gasteiger partial charge in [-0.2, -0.15) is 0 Å². The summed E-state index contributed by atoms with van der Waals surface area (Å²) in [5.41, 5.74) is 1.36. The van der Waals surface area contributed by atoms with Crippen LogP contribution in [0.5, 0.6) is 0 Å². The Balaban J connectivity index is 2.28. The summed E-state index contributed by atoms with van der Waals surface area (Å²) in [6.07, 6.45) is 5.54. The molecule has 0 aliphatic carbocycles. The van der Waals surface area contributed by atoms with Gasteiger partial charge in [-0.25, -0.2) is 0 Å². The van der Waals surface area contributed by atoms with E-state index in [0.717, 1.165) is 0 Å². The number of aromatic nitrogens is 2. The van der Waals surface area contributed by atoms with Gasteiger partial charge in [0.15, 0.2) is 5.78 Å². The second kappa shape index (κ2) is 5.74. The van der Waals surface area contributed by atoms with Gasteiger partial charge in [0.25, 0.3) is 0 Å². The number of nitrogens with zero attached hydrogens (tertiary/aromatic N) is 2. The van der Waals surface area contributed by atoms with Crippen molar-refractivity contribution in [2.45, 2.75) is 19.3 Å². The van der Waals surface area contributed by atoms with Gasteiger partial charge in [-0.15, -0.1) is 0 Å². The van der Waals surface area contributed by atoms with Crippen molar-refractivity contribution in [3.8, 4) is 0 Å². The molecule has 0 N–H and O–H groups in total. The van der Waals surface area contributed by atoms with Gasteiger partial charge in [-0.05, 0) is 30.7 Å². The molecule has 18 heavy (non-hydrogen) atoms. The minimum Gasteiger partial charge on any atom is -0.293 e. The van der Waals surface area contributed by atoms with Crippen LogP contribution < -0.4 is 0 Å². The summed E-state index contributed by atoms with van der Waals surface area (Å²) in [6, 6.07) is 6.92. The molecule has 0 aliphatic rings. The minimum absolute atomic E-state index is 0.0506. The number of halogens is 1. The summed E-state index contributed by atoms with van der Waals surface area (Å²) >= 11 is 5.81. The Morgan fingerprint density at radius 3 is 2.56 bits per heavy atom. The molecule has 0 spiro atoms. The van der Waals surface area contributed by atoms with Gasteiger partial charge in [-0.1, -0.05) is 18.5 Å². The lowest BCUT2D eigenvalue weighted by Gasteiger charge is -2.12. The van der Waals surface area contributed by atoms with Gasteiger partial charge in [0.05, 0.1) is 11.6 Å². The van der Waals surface area contributed by atoms with E-state index in [2.05, 4.69) is 9.97 Å².